The molecule has 0 aromatic carbocycles. The van der Waals surface area contributed by atoms with E-state index in [0.29, 0.717) is 24.3 Å². The molecule has 2 aromatic rings. The maximum Gasteiger partial charge on any atom is 0.335 e. The van der Waals surface area contributed by atoms with E-state index in [4.69, 9.17) is 9.92 Å². The number of nitrogens with two attached hydrogens (primary N) is 1. The van der Waals surface area contributed by atoms with E-state index in [-0.39, 0.29) is 6.04 Å². The zero-order valence-corrected chi connectivity index (χ0v) is 12.7. The molecule has 22 heavy (non-hydrogen) atoms. The molecule has 0 spiro atoms. The molecule has 2 aromatic heterocycles. The van der Waals surface area contributed by atoms with Crippen LogP contribution in [0.4, 0.5) is 5.82 Å². The number of nitrogens with one attached hydrogen (secondary N) is 1. The quantitative estimate of drug-likeness (QED) is 0.693. The van der Waals surface area contributed by atoms with Gasteiger partial charge in [-0.25, -0.2) is 9.97 Å². The molecule has 0 aliphatic heterocycles. The Morgan fingerprint density at radius 3 is 2.95 bits per heavy atom. The van der Waals surface area contributed by atoms with Gasteiger partial charge in [-0.2, -0.15) is 13.1 Å². The summed E-state index contributed by atoms with van der Waals surface area (Å²) in [7, 11) is -2.58. The van der Waals surface area contributed by atoms with Gasteiger partial charge in [0.15, 0.2) is 0 Å². The van der Waals surface area contributed by atoms with Crippen LogP contribution in [0.5, 0.6) is 0 Å². The van der Waals surface area contributed by atoms with E-state index in [1.54, 1.807) is 6.07 Å². The molecule has 1 aliphatic rings. The van der Waals surface area contributed by atoms with Gasteiger partial charge in [-0.1, -0.05) is 0 Å². The van der Waals surface area contributed by atoms with Gasteiger partial charge in [-0.3, -0.25) is 4.18 Å². The summed E-state index contributed by atoms with van der Waals surface area (Å²) >= 11 is 0. The van der Waals surface area contributed by atoms with Crippen LogP contribution in [0.1, 0.15) is 18.9 Å². The van der Waals surface area contributed by atoms with E-state index >= 15 is 0 Å². The van der Waals surface area contributed by atoms with E-state index in [9.17, 15) is 13.5 Å². The summed E-state index contributed by atoms with van der Waals surface area (Å²) in [5, 5.41) is 10.8. The van der Waals surface area contributed by atoms with Crippen LogP contribution in [-0.2, 0) is 14.5 Å². The van der Waals surface area contributed by atoms with E-state index < -0.39 is 22.5 Å². The molecule has 0 radical (unpaired) electrons. The van der Waals surface area contributed by atoms with E-state index in [2.05, 4.69) is 14.7 Å². The van der Waals surface area contributed by atoms with Crippen molar-refractivity contribution in [2.45, 2.75) is 31.1 Å². The van der Waals surface area contributed by atoms with Crippen LogP contribution in [0.15, 0.2) is 18.6 Å². The second-order valence-electron chi connectivity index (χ2n) is 5.20. The van der Waals surface area contributed by atoms with Crippen LogP contribution >= 0.6 is 0 Å². The Balaban J connectivity index is 1.86. The van der Waals surface area contributed by atoms with E-state index in [1.807, 2.05) is 10.8 Å². The van der Waals surface area contributed by atoms with Crippen molar-refractivity contribution in [1.82, 2.24) is 19.3 Å². The smallest absolute Gasteiger partial charge is 0.335 e. The Hall–Kier alpha value is -1.75. The summed E-state index contributed by atoms with van der Waals surface area (Å²) in [6, 6.07) is 1.68. The Bertz CT molecular complexity index is 790. The number of hydrogen-bond acceptors (Lipinski definition) is 7. The number of hydrogen-bond donors (Lipinski definition) is 3. The number of anilines is 1. The highest BCUT2D eigenvalue weighted by molar-refractivity contribution is 7.84. The van der Waals surface area contributed by atoms with Crippen molar-refractivity contribution in [2.75, 3.05) is 12.8 Å². The largest absolute Gasteiger partial charge is 0.390 e. The molecule has 10 heteroatoms. The summed E-state index contributed by atoms with van der Waals surface area (Å²) in [6.45, 7) is 0. The maximum atomic E-state index is 11.5. The molecule has 3 atom stereocenters. The standard InChI is InChI=1S/C12H17N5O4S/c1-14-22(19,20)21-10-5-7(4-9(10)18)17-3-2-8-11(13)15-6-16-12(8)17/h2-3,6-7,9-10,14,18H,4-5H2,1H3,(H2,13,15,16)/t7-,9+,10+/m1/s1. The minimum Gasteiger partial charge on any atom is -0.390 e. The third-order valence-corrected chi connectivity index (χ3v) is 4.88. The van der Waals surface area contributed by atoms with Gasteiger partial charge in [0.1, 0.15) is 23.9 Å². The molecular weight excluding hydrogens is 310 g/mol. The fraction of sp³-hybridized carbons (Fsp3) is 0.500. The molecule has 1 fully saturated rings. The number of aliphatic hydroxyl groups excluding tert-OH is 1. The third kappa shape index (κ3) is 2.65. The zero-order chi connectivity index (χ0) is 15.9. The van der Waals surface area contributed by atoms with Gasteiger partial charge >= 0.3 is 10.3 Å². The Morgan fingerprint density at radius 1 is 1.45 bits per heavy atom. The summed E-state index contributed by atoms with van der Waals surface area (Å²) in [5.41, 5.74) is 6.45. The lowest BCUT2D eigenvalue weighted by Gasteiger charge is -2.14. The number of fused-ring (bicyclic) bond motifs is 1. The normalized spacial score (nSPS) is 25.8. The van der Waals surface area contributed by atoms with Gasteiger partial charge in [0.2, 0.25) is 0 Å². The van der Waals surface area contributed by atoms with Gasteiger partial charge in [-0.15, -0.1) is 0 Å². The summed E-state index contributed by atoms with van der Waals surface area (Å²) < 4.78 is 31.8. The number of rotatable bonds is 4. The fourth-order valence-electron chi connectivity index (χ4n) is 2.78. The topological polar surface area (TPSA) is 132 Å². The van der Waals surface area contributed by atoms with Gasteiger partial charge in [0, 0.05) is 19.3 Å². The van der Waals surface area contributed by atoms with Gasteiger partial charge in [0.25, 0.3) is 0 Å². The minimum atomic E-state index is -3.84. The van der Waals surface area contributed by atoms with Crippen LogP contribution < -0.4 is 10.5 Å². The van der Waals surface area contributed by atoms with Crippen molar-refractivity contribution >= 4 is 27.2 Å². The first kappa shape index (κ1) is 15.2. The molecule has 3 rings (SSSR count). The average molecular weight is 327 g/mol. The zero-order valence-electron chi connectivity index (χ0n) is 11.9. The highest BCUT2D eigenvalue weighted by Gasteiger charge is 2.38. The van der Waals surface area contributed by atoms with Crippen molar-refractivity contribution in [3.05, 3.63) is 18.6 Å². The Labute approximate surface area is 127 Å². The summed E-state index contributed by atoms with van der Waals surface area (Å²) in [5.74, 6) is 0.382. The Morgan fingerprint density at radius 2 is 2.23 bits per heavy atom. The first-order valence-electron chi connectivity index (χ1n) is 6.78. The molecule has 2 heterocycles. The predicted molar refractivity (Wildman–Crippen MR) is 79.1 cm³/mol. The highest BCUT2D eigenvalue weighted by Crippen LogP contribution is 2.35. The van der Waals surface area contributed by atoms with Crippen LogP contribution in [0.25, 0.3) is 11.0 Å². The molecule has 1 saturated carbocycles. The highest BCUT2D eigenvalue weighted by atomic mass is 32.2. The molecule has 4 N–H and O–H groups in total. The number of aliphatic hydroxyl groups is 1. The SMILES string of the molecule is CNS(=O)(=O)O[C@H]1C[C@H](n2ccc3c(N)ncnc32)C[C@@H]1O. The van der Waals surface area contributed by atoms with Crippen molar-refractivity contribution in [3.63, 3.8) is 0 Å². The third-order valence-electron chi connectivity index (χ3n) is 3.88. The molecule has 9 nitrogen and oxygen atoms in total. The van der Waals surface area contributed by atoms with Crippen molar-refractivity contribution in [2.24, 2.45) is 0 Å². The lowest BCUT2D eigenvalue weighted by atomic mass is 10.2. The molecule has 0 unspecified atom stereocenters. The second-order valence-corrected chi connectivity index (χ2v) is 6.71. The first-order chi connectivity index (χ1) is 10.4. The monoisotopic (exact) mass is 327 g/mol. The van der Waals surface area contributed by atoms with E-state index in [1.165, 1.54) is 13.4 Å². The molecular formula is C12H17N5O4S. The maximum absolute atomic E-state index is 11.5. The summed E-state index contributed by atoms with van der Waals surface area (Å²) in [6.07, 6.45) is 2.25. The number of aromatic nitrogens is 3. The average Bonchev–Trinajstić information content (AvgIpc) is 3.04. The van der Waals surface area contributed by atoms with Crippen molar-refractivity contribution in [1.29, 1.82) is 0 Å². The lowest BCUT2D eigenvalue weighted by Crippen LogP contribution is -2.31. The van der Waals surface area contributed by atoms with Crippen molar-refractivity contribution in [3.8, 4) is 0 Å². The van der Waals surface area contributed by atoms with Crippen LogP contribution in [0.2, 0.25) is 0 Å². The molecule has 1 aliphatic carbocycles. The molecule has 0 saturated heterocycles. The molecule has 120 valence electrons. The van der Waals surface area contributed by atoms with Gasteiger partial charge in [-0.05, 0) is 18.9 Å². The number of nitrogen functional groups attached to an aromatic ring is 1. The molecule has 0 amide bonds. The summed E-state index contributed by atoms with van der Waals surface area (Å²) in [4.78, 5) is 8.13. The van der Waals surface area contributed by atoms with Gasteiger partial charge < -0.3 is 15.4 Å². The number of nitrogens with zero attached hydrogens (tertiary/aromatic N) is 3. The molecule has 0 bridgehead atoms. The predicted octanol–water partition coefficient (Wildman–Crippen LogP) is -0.441. The van der Waals surface area contributed by atoms with Crippen LogP contribution in [-0.4, -0.2) is 47.3 Å². The van der Waals surface area contributed by atoms with E-state index in [0.717, 1.165) is 5.39 Å². The first-order valence-corrected chi connectivity index (χ1v) is 8.19. The minimum absolute atomic E-state index is 0.126. The van der Waals surface area contributed by atoms with Gasteiger partial charge in [0.05, 0.1) is 11.5 Å². The Kier molecular flexibility index (Phi) is 3.77. The fourth-order valence-corrected chi connectivity index (χ4v) is 3.41. The second kappa shape index (κ2) is 5.47. The van der Waals surface area contributed by atoms with Crippen LogP contribution in [0.3, 0.4) is 0 Å². The van der Waals surface area contributed by atoms with Crippen molar-refractivity contribution < 1.29 is 17.7 Å². The van der Waals surface area contributed by atoms with Crippen LogP contribution in [0, 0.1) is 0 Å². The lowest BCUT2D eigenvalue weighted by molar-refractivity contribution is 0.0635.